The van der Waals surface area contributed by atoms with Crippen molar-refractivity contribution < 1.29 is 19.1 Å². The number of ether oxygens (including phenoxy) is 2. The zero-order chi connectivity index (χ0) is 19.7. The summed E-state index contributed by atoms with van der Waals surface area (Å²) in [6.45, 7) is 3.78. The van der Waals surface area contributed by atoms with Crippen LogP contribution < -0.4 is 5.32 Å². The second-order valence-electron chi connectivity index (χ2n) is 7.81. The molecule has 1 aliphatic heterocycles. The third-order valence-corrected chi connectivity index (χ3v) is 5.91. The highest BCUT2D eigenvalue weighted by Crippen LogP contribution is 2.33. The molecule has 28 heavy (non-hydrogen) atoms. The number of nitrogens with zero attached hydrogens (tertiary/aromatic N) is 1. The van der Waals surface area contributed by atoms with Gasteiger partial charge in [0.2, 0.25) is 0 Å². The molecule has 0 aromatic heterocycles. The first-order chi connectivity index (χ1) is 13.7. The molecule has 6 nitrogen and oxygen atoms in total. The molecule has 0 spiro atoms. The average Bonchev–Trinajstić information content (AvgIpc) is 2.77. The first-order valence-electron chi connectivity index (χ1n) is 10.5. The highest BCUT2D eigenvalue weighted by Gasteiger charge is 2.38. The van der Waals surface area contributed by atoms with Gasteiger partial charge in [-0.15, -0.1) is 0 Å². The van der Waals surface area contributed by atoms with Crippen molar-refractivity contribution in [2.45, 2.75) is 50.5 Å². The van der Waals surface area contributed by atoms with Crippen molar-refractivity contribution in [1.82, 2.24) is 10.2 Å². The molecule has 3 rings (SSSR count). The number of morpholine rings is 1. The lowest BCUT2D eigenvalue weighted by atomic mass is 9.79. The molecule has 1 amide bonds. The first kappa shape index (κ1) is 20.8. The molecule has 2 fully saturated rings. The molecule has 1 saturated carbocycles. The quantitative estimate of drug-likeness (QED) is 0.692. The van der Waals surface area contributed by atoms with Gasteiger partial charge in [0, 0.05) is 31.6 Å². The summed E-state index contributed by atoms with van der Waals surface area (Å²) >= 11 is 0. The number of hydrogen-bond acceptors (Lipinski definition) is 5. The monoisotopic (exact) mass is 388 g/mol. The molecule has 0 radical (unpaired) electrons. The van der Waals surface area contributed by atoms with Gasteiger partial charge in [0.05, 0.1) is 13.2 Å². The van der Waals surface area contributed by atoms with E-state index in [2.05, 4.69) is 10.2 Å². The van der Waals surface area contributed by atoms with Gasteiger partial charge in [-0.25, -0.2) is 0 Å². The Bertz CT molecular complexity index is 623. The number of carbonyl (C=O) groups is 2. The number of rotatable bonds is 8. The second kappa shape index (κ2) is 10.6. The summed E-state index contributed by atoms with van der Waals surface area (Å²) in [5, 5.41) is 3.02. The summed E-state index contributed by atoms with van der Waals surface area (Å²) in [4.78, 5) is 26.7. The zero-order valence-corrected chi connectivity index (χ0v) is 16.7. The summed E-state index contributed by atoms with van der Waals surface area (Å²) in [5.74, 6) is -0.550. The van der Waals surface area contributed by atoms with E-state index in [-0.39, 0.29) is 30.4 Å². The number of aryl methyl sites for hydroxylation is 1. The van der Waals surface area contributed by atoms with Crippen molar-refractivity contribution in [3.8, 4) is 0 Å². The Kier molecular flexibility index (Phi) is 7.86. The van der Waals surface area contributed by atoms with Crippen LogP contribution in [0.2, 0.25) is 0 Å². The average molecular weight is 389 g/mol. The SMILES string of the molecule is O=C(COC(=O)CCc1ccccc1)NCC1(N2CCOCC2)CCCCC1. The largest absolute Gasteiger partial charge is 0.456 e. The Morgan fingerprint density at radius 3 is 2.50 bits per heavy atom. The van der Waals surface area contributed by atoms with Gasteiger partial charge in [-0.1, -0.05) is 49.6 Å². The number of nitrogens with one attached hydrogen (secondary N) is 1. The minimum absolute atomic E-state index is 0.0228. The molecule has 154 valence electrons. The Labute approximate surface area is 167 Å². The Morgan fingerprint density at radius 2 is 1.79 bits per heavy atom. The molecule has 6 heteroatoms. The normalized spacial score (nSPS) is 19.7. The lowest BCUT2D eigenvalue weighted by Crippen LogP contribution is -2.59. The Hall–Kier alpha value is -1.92. The number of hydrogen-bond donors (Lipinski definition) is 1. The van der Waals surface area contributed by atoms with Crippen molar-refractivity contribution >= 4 is 11.9 Å². The van der Waals surface area contributed by atoms with Gasteiger partial charge in [0.15, 0.2) is 6.61 Å². The third kappa shape index (κ3) is 6.04. The van der Waals surface area contributed by atoms with Crippen LogP contribution in [0.3, 0.4) is 0 Å². The number of benzene rings is 1. The van der Waals surface area contributed by atoms with E-state index in [1.54, 1.807) is 0 Å². The van der Waals surface area contributed by atoms with E-state index in [9.17, 15) is 9.59 Å². The van der Waals surface area contributed by atoms with Gasteiger partial charge in [-0.05, 0) is 24.8 Å². The zero-order valence-electron chi connectivity index (χ0n) is 16.7. The molecule has 0 unspecified atom stereocenters. The van der Waals surface area contributed by atoms with E-state index in [0.29, 0.717) is 13.0 Å². The second-order valence-corrected chi connectivity index (χ2v) is 7.81. The maximum atomic E-state index is 12.3. The molecule has 2 aliphatic rings. The summed E-state index contributed by atoms with van der Waals surface area (Å²) in [7, 11) is 0. The van der Waals surface area contributed by atoms with Gasteiger partial charge < -0.3 is 14.8 Å². The summed E-state index contributed by atoms with van der Waals surface area (Å²) in [6.07, 6.45) is 6.77. The van der Waals surface area contributed by atoms with Gasteiger partial charge in [0.1, 0.15) is 0 Å². The molecule has 0 bridgehead atoms. The number of carbonyl (C=O) groups excluding carboxylic acids is 2. The van der Waals surface area contributed by atoms with Crippen LogP contribution in [-0.2, 0) is 25.5 Å². The Balaban J connectivity index is 1.41. The van der Waals surface area contributed by atoms with Crippen molar-refractivity contribution in [1.29, 1.82) is 0 Å². The van der Waals surface area contributed by atoms with Crippen LogP contribution in [0, 0.1) is 0 Å². The van der Waals surface area contributed by atoms with E-state index in [1.807, 2.05) is 30.3 Å². The maximum absolute atomic E-state index is 12.3. The van der Waals surface area contributed by atoms with E-state index >= 15 is 0 Å². The minimum Gasteiger partial charge on any atom is -0.456 e. The van der Waals surface area contributed by atoms with Gasteiger partial charge in [0.25, 0.3) is 5.91 Å². The van der Waals surface area contributed by atoms with Crippen molar-refractivity contribution in [3.63, 3.8) is 0 Å². The van der Waals surface area contributed by atoms with E-state index < -0.39 is 0 Å². The van der Waals surface area contributed by atoms with Gasteiger partial charge in [-0.2, -0.15) is 0 Å². The van der Waals surface area contributed by atoms with Crippen LogP contribution in [0.25, 0.3) is 0 Å². The highest BCUT2D eigenvalue weighted by atomic mass is 16.5. The smallest absolute Gasteiger partial charge is 0.306 e. The molecule has 1 aromatic carbocycles. The fourth-order valence-corrected chi connectivity index (χ4v) is 4.28. The summed E-state index contributed by atoms with van der Waals surface area (Å²) in [6, 6.07) is 9.81. The van der Waals surface area contributed by atoms with Crippen LogP contribution in [0.5, 0.6) is 0 Å². The predicted molar refractivity (Wildman–Crippen MR) is 107 cm³/mol. The molecule has 1 aliphatic carbocycles. The first-order valence-corrected chi connectivity index (χ1v) is 10.5. The van der Waals surface area contributed by atoms with Crippen LogP contribution >= 0.6 is 0 Å². The molecule has 1 N–H and O–H groups in total. The van der Waals surface area contributed by atoms with Crippen molar-refractivity contribution in [3.05, 3.63) is 35.9 Å². The van der Waals surface area contributed by atoms with Crippen LogP contribution in [-0.4, -0.2) is 61.8 Å². The number of amides is 1. The predicted octanol–water partition coefficient (Wildman–Crippen LogP) is 2.31. The summed E-state index contributed by atoms with van der Waals surface area (Å²) < 4.78 is 10.7. The molecule has 0 atom stereocenters. The van der Waals surface area contributed by atoms with Crippen molar-refractivity contribution in [2.24, 2.45) is 0 Å². The fourth-order valence-electron chi connectivity index (χ4n) is 4.28. The summed E-state index contributed by atoms with van der Waals surface area (Å²) in [5.41, 5.74) is 1.11. The standard InChI is InChI=1S/C22H32N2O4/c25-20(17-28-21(26)10-9-19-7-3-1-4-8-19)23-18-22(11-5-2-6-12-22)24-13-15-27-16-14-24/h1,3-4,7-8H,2,5-6,9-18H2,(H,23,25). The molecule has 1 aromatic rings. The van der Waals surface area contributed by atoms with Gasteiger partial charge in [-0.3, -0.25) is 14.5 Å². The minimum atomic E-state index is -0.334. The van der Waals surface area contributed by atoms with E-state index in [4.69, 9.17) is 9.47 Å². The molecule has 1 heterocycles. The van der Waals surface area contributed by atoms with Crippen molar-refractivity contribution in [2.75, 3.05) is 39.5 Å². The molecule has 1 saturated heterocycles. The van der Waals surface area contributed by atoms with Crippen LogP contribution in [0.1, 0.15) is 44.1 Å². The molecular formula is C22H32N2O4. The topological polar surface area (TPSA) is 67.9 Å². The lowest BCUT2D eigenvalue weighted by Gasteiger charge is -2.48. The number of esters is 1. The maximum Gasteiger partial charge on any atom is 0.306 e. The van der Waals surface area contributed by atoms with E-state index in [1.165, 1.54) is 19.3 Å². The lowest BCUT2D eigenvalue weighted by molar-refractivity contribution is -0.148. The Morgan fingerprint density at radius 1 is 1.07 bits per heavy atom. The third-order valence-electron chi connectivity index (χ3n) is 5.91. The van der Waals surface area contributed by atoms with Crippen LogP contribution in [0.15, 0.2) is 30.3 Å². The molecular weight excluding hydrogens is 356 g/mol. The van der Waals surface area contributed by atoms with Crippen LogP contribution in [0.4, 0.5) is 0 Å². The highest BCUT2D eigenvalue weighted by molar-refractivity contribution is 5.80. The van der Waals surface area contributed by atoms with Gasteiger partial charge >= 0.3 is 5.97 Å². The fraction of sp³-hybridized carbons (Fsp3) is 0.636. The van der Waals surface area contributed by atoms with E-state index in [0.717, 1.165) is 44.7 Å².